The van der Waals surface area contributed by atoms with Crippen LogP contribution < -0.4 is 4.70 Å². The Balaban J connectivity index is 0.000000305. The van der Waals surface area contributed by atoms with E-state index >= 15 is 0 Å². The van der Waals surface area contributed by atoms with E-state index in [1.54, 1.807) is 11.8 Å². The molecular formula is C42H27F18PS2. The van der Waals surface area contributed by atoms with Gasteiger partial charge in [-0.1, -0.05) is 103 Å². The van der Waals surface area contributed by atoms with Gasteiger partial charge in [0, 0.05) is 9.79 Å². The van der Waals surface area contributed by atoms with Gasteiger partial charge in [0.1, 0.15) is 0 Å². The summed E-state index contributed by atoms with van der Waals surface area (Å²) in [7, 11) is -12.9. The second-order valence-electron chi connectivity index (χ2n) is 13.0. The first-order valence-corrected chi connectivity index (χ1v) is 21.4. The third-order valence-electron chi connectivity index (χ3n) is 8.94. The first-order chi connectivity index (χ1) is 28.6. The van der Waals surface area contributed by atoms with Gasteiger partial charge in [0.05, 0.1) is 10.9 Å². The van der Waals surface area contributed by atoms with Gasteiger partial charge in [-0.15, -0.1) is 0 Å². The minimum Gasteiger partial charge on any atom is -1.00 e. The Labute approximate surface area is 354 Å². The largest absolute Gasteiger partial charge is 1.00 e. The molecule has 0 aliphatic heterocycles. The number of benzene rings is 6. The summed E-state index contributed by atoms with van der Waals surface area (Å²) in [5, 5.41) is 0. The third kappa shape index (κ3) is 9.39. The van der Waals surface area contributed by atoms with Crippen LogP contribution in [0.4, 0.5) is 74.3 Å². The first kappa shape index (κ1) is 50.8. The summed E-state index contributed by atoms with van der Waals surface area (Å²) in [6.45, 7) is 0. The fraction of sp³-hybridized carbons (Fsp3) is 0.143. The molecule has 0 saturated heterocycles. The second kappa shape index (κ2) is 18.4. The fourth-order valence-electron chi connectivity index (χ4n) is 5.70. The van der Waals surface area contributed by atoms with E-state index in [0.717, 1.165) is 0 Å². The average molecular weight is 969 g/mol. The van der Waals surface area contributed by atoms with Crippen LogP contribution in [0.2, 0.25) is 0 Å². The van der Waals surface area contributed by atoms with Crippen LogP contribution in [0.1, 0.15) is 0 Å². The molecule has 1 unspecified atom stereocenters. The van der Waals surface area contributed by atoms with Crippen molar-refractivity contribution in [3.05, 3.63) is 164 Å². The van der Waals surface area contributed by atoms with Crippen LogP contribution in [-0.2, 0) is 10.9 Å². The molecule has 0 nitrogen and oxygen atoms in total. The molecule has 0 bridgehead atoms. The Morgan fingerprint density at radius 1 is 0.317 bits per heavy atom. The molecule has 0 aliphatic rings. The minimum atomic E-state index is -12.7. The molecule has 6 rings (SSSR count). The van der Waals surface area contributed by atoms with Gasteiger partial charge in [0.2, 0.25) is 0 Å². The van der Waals surface area contributed by atoms with Gasteiger partial charge in [-0.3, -0.25) is 0 Å². The van der Waals surface area contributed by atoms with E-state index in [1.165, 1.54) is 46.7 Å². The van der Waals surface area contributed by atoms with Crippen LogP contribution >= 0.6 is 19.0 Å². The van der Waals surface area contributed by atoms with Crippen molar-refractivity contribution >= 4 is 29.9 Å². The number of hydrogen-bond acceptors (Lipinski definition) is 1. The predicted molar refractivity (Wildman–Crippen MR) is 205 cm³/mol. The molecule has 0 aromatic heterocycles. The molecule has 1 atom stereocenters. The van der Waals surface area contributed by atoms with Crippen LogP contribution in [0.25, 0.3) is 22.3 Å². The average Bonchev–Trinajstić information content (AvgIpc) is 3.22. The Hall–Kier alpha value is -4.81. The molecule has 63 heavy (non-hydrogen) atoms. The van der Waals surface area contributed by atoms with E-state index in [-0.39, 0.29) is 15.6 Å². The molecule has 0 radical (unpaired) electrons. The Bertz CT molecular complexity index is 2310. The fourth-order valence-corrected chi connectivity index (χ4v) is 11.0. The van der Waals surface area contributed by atoms with E-state index in [1.807, 2.05) is 0 Å². The van der Waals surface area contributed by atoms with Crippen molar-refractivity contribution < 1.29 is 79.0 Å². The van der Waals surface area contributed by atoms with Crippen molar-refractivity contribution in [1.82, 2.24) is 0 Å². The van der Waals surface area contributed by atoms with Crippen LogP contribution in [-0.4, -0.2) is 35.5 Å². The van der Waals surface area contributed by atoms with Crippen molar-refractivity contribution in [3.8, 4) is 22.3 Å². The standard InChI is InChI=1S/C36H27S2.C6F17P.FH/c1-4-10-28(11-5-1)30-16-20-32(21-17-30)37-33-22-26-36(27-23-33)38(34-14-8-3-9-15-34)35-24-18-31(19-25-35)29-12-6-2-7-13-29;7-1(8,9)4(16,17)24(22,23,5(18,19)2(10,11)12)6(20,21)3(13,14)15;/h1-27H;;1H/q+1;;/p-1. The maximum atomic E-state index is 13.4. The summed E-state index contributed by atoms with van der Waals surface area (Å²) in [5.41, 5.74) is -22.1. The summed E-state index contributed by atoms with van der Waals surface area (Å²) in [6.07, 6.45) is -24.9. The van der Waals surface area contributed by atoms with Crippen molar-refractivity contribution in [2.24, 2.45) is 0 Å². The quantitative estimate of drug-likeness (QED) is 0.0749. The molecule has 6 aromatic carbocycles. The number of halogens is 18. The monoisotopic (exact) mass is 968 g/mol. The molecule has 0 N–H and O–H groups in total. The normalized spacial score (nSPS) is 14.0. The van der Waals surface area contributed by atoms with E-state index in [9.17, 15) is 74.3 Å². The van der Waals surface area contributed by atoms with E-state index in [4.69, 9.17) is 0 Å². The van der Waals surface area contributed by atoms with E-state index < -0.39 is 42.7 Å². The van der Waals surface area contributed by atoms with Gasteiger partial charge in [-0.05, 0) is 95.1 Å². The van der Waals surface area contributed by atoms with Crippen molar-refractivity contribution in [2.45, 2.75) is 60.0 Å². The second-order valence-corrected chi connectivity index (χ2v) is 19.7. The van der Waals surface area contributed by atoms with Gasteiger partial charge in [0.15, 0.2) is 14.7 Å². The molecule has 0 fully saturated rings. The molecule has 6 aromatic rings. The maximum Gasteiger partial charge on any atom is 0.166 e. The van der Waals surface area contributed by atoms with Gasteiger partial charge in [0.25, 0.3) is 0 Å². The van der Waals surface area contributed by atoms with Crippen LogP contribution in [0.15, 0.2) is 188 Å². The number of rotatable bonds is 10. The topological polar surface area (TPSA) is 0 Å². The zero-order valence-corrected chi connectivity index (χ0v) is 33.7. The number of alkyl halides is 15. The molecule has 21 heteroatoms. The molecule has 338 valence electrons. The Morgan fingerprint density at radius 2 is 0.556 bits per heavy atom. The molecular weight excluding hydrogens is 942 g/mol. The maximum absolute atomic E-state index is 13.4. The van der Waals surface area contributed by atoms with E-state index in [0.29, 0.717) is 0 Å². The summed E-state index contributed by atoms with van der Waals surface area (Å²) < 4.78 is 209. The minimum absolute atomic E-state index is 0. The van der Waals surface area contributed by atoms with Crippen molar-refractivity contribution in [3.63, 3.8) is 0 Å². The third-order valence-corrected chi connectivity index (χ3v) is 15.9. The zero-order valence-electron chi connectivity index (χ0n) is 31.2. The summed E-state index contributed by atoms with van der Waals surface area (Å²) >= 11 is 1.81. The van der Waals surface area contributed by atoms with Gasteiger partial charge >= 0.3 is 117 Å². The van der Waals surface area contributed by atoms with Crippen molar-refractivity contribution in [2.75, 3.05) is 0 Å². The predicted octanol–water partition coefficient (Wildman–Crippen LogP) is 14.0. The van der Waals surface area contributed by atoms with Gasteiger partial charge < -0.3 is 4.70 Å². The summed E-state index contributed by atoms with van der Waals surface area (Å²) in [5.74, 6) is 0. The Morgan fingerprint density at radius 3 is 0.873 bits per heavy atom. The first-order valence-electron chi connectivity index (χ1n) is 17.3. The van der Waals surface area contributed by atoms with Gasteiger partial charge in [-0.2, -0.15) is 0 Å². The molecule has 0 saturated carbocycles. The van der Waals surface area contributed by atoms with Crippen LogP contribution in [0.3, 0.4) is 0 Å². The van der Waals surface area contributed by atoms with Crippen LogP contribution in [0, 0.1) is 0 Å². The number of hydrogen-bond donors (Lipinski definition) is 0. The smallest absolute Gasteiger partial charge is 0.166 e. The SMILES string of the molecule is FC(F)(F)C(F)(F)P(F)(F)(C(F)(F)C(F)(F)F)C(F)(F)C(F)(F)F.[F-].c1ccc(-c2ccc(Sc3ccc([S+](c4ccccc4)c4ccc(-c5ccccc5)cc4)cc3)cc2)cc1. The molecule has 0 aliphatic carbocycles. The molecule has 0 heterocycles. The van der Waals surface area contributed by atoms with Crippen LogP contribution in [0.5, 0.6) is 0 Å². The molecule has 0 spiro atoms. The van der Waals surface area contributed by atoms with Crippen molar-refractivity contribution in [1.29, 1.82) is 0 Å². The summed E-state index contributed by atoms with van der Waals surface area (Å²) in [4.78, 5) is 6.48. The van der Waals surface area contributed by atoms with E-state index in [2.05, 4.69) is 164 Å². The van der Waals surface area contributed by atoms with Gasteiger partial charge in [-0.25, -0.2) is 0 Å². The Kier molecular flexibility index (Phi) is 14.8. The molecule has 0 amide bonds. The zero-order chi connectivity index (χ0) is 46.0. The summed E-state index contributed by atoms with van der Waals surface area (Å²) in [6, 6.07) is 59.0.